The lowest BCUT2D eigenvalue weighted by Crippen LogP contribution is -1.95. The van der Waals surface area contributed by atoms with Gasteiger partial charge in [0.05, 0.1) is 6.54 Å². The van der Waals surface area contributed by atoms with Gasteiger partial charge >= 0.3 is 0 Å². The first-order valence-corrected chi connectivity index (χ1v) is 4.59. The topological polar surface area (TPSA) is 29.4 Å². The molecular weight excluding hydrogens is 150 g/mol. The third kappa shape index (κ3) is 7.45. The molecule has 0 aromatic heterocycles. The van der Waals surface area contributed by atoms with Crippen molar-refractivity contribution < 1.29 is 0 Å². The van der Waals surface area contributed by atoms with E-state index in [4.69, 9.17) is 0 Å². The molecule has 0 fully saturated rings. The largest absolute Gasteiger partial charge is 0.151 e. The van der Waals surface area contributed by atoms with Crippen molar-refractivity contribution in [3.8, 4) is 0 Å². The van der Waals surface area contributed by atoms with Crippen LogP contribution in [0.5, 0.6) is 0 Å². The van der Waals surface area contributed by atoms with Crippen LogP contribution in [0.15, 0.2) is 16.8 Å². The van der Waals surface area contributed by atoms with Crippen LogP contribution in [0.2, 0.25) is 0 Å². The van der Waals surface area contributed by atoms with E-state index in [1.54, 1.807) is 0 Å². The summed E-state index contributed by atoms with van der Waals surface area (Å²) in [6.45, 7) is 6.86. The van der Waals surface area contributed by atoms with Crippen LogP contribution in [0.4, 0.5) is 0 Å². The summed E-state index contributed by atoms with van der Waals surface area (Å²) in [5.41, 5.74) is 1.37. The van der Waals surface area contributed by atoms with Gasteiger partial charge in [0.2, 0.25) is 0 Å². The van der Waals surface area contributed by atoms with Gasteiger partial charge in [-0.25, -0.2) is 0 Å². The van der Waals surface area contributed by atoms with Crippen LogP contribution in [0, 0.1) is 10.8 Å². The molecule has 2 nitrogen and oxygen atoms in total. The Balaban J connectivity index is 3.37. The molecule has 70 valence electrons. The first kappa shape index (κ1) is 11.3. The normalized spacial score (nSPS) is 12.2. The molecule has 0 aliphatic carbocycles. The average Bonchev–Trinajstić information content (AvgIpc) is 2.00. The minimum atomic E-state index is 0.468. The lowest BCUT2D eigenvalue weighted by Gasteiger charge is -2.06. The molecular formula is C10H19NO. The fourth-order valence-corrected chi connectivity index (χ4v) is 1.07. The molecule has 0 amide bonds. The first-order chi connectivity index (χ1) is 5.66. The third-order valence-electron chi connectivity index (χ3n) is 1.93. The van der Waals surface area contributed by atoms with Crippen molar-refractivity contribution in [2.45, 2.75) is 40.0 Å². The Kier molecular flexibility index (Phi) is 6.63. The van der Waals surface area contributed by atoms with Gasteiger partial charge in [-0.05, 0) is 39.0 Å². The molecule has 0 radical (unpaired) electrons. The summed E-state index contributed by atoms with van der Waals surface area (Å²) >= 11 is 0. The summed E-state index contributed by atoms with van der Waals surface area (Å²) < 4.78 is 0. The van der Waals surface area contributed by atoms with E-state index in [2.05, 4.69) is 32.0 Å². The highest BCUT2D eigenvalue weighted by Crippen LogP contribution is 2.11. The Hall–Kier alpha value is -0.660. The molecule has 1 unspecified atom stereocenters. The predicted molar refractivity (Wildman–Crippen MR) is 53.1 cm³/mol. The molecule has 0 heterocycles. The quantitative estimate of drug-likeness (QED) is 0.442. The van der Waals surface area contributed by atoms with Crippen molar-refractivity contribution in [2.24, 2.45) is 11.1 Å². The van der Waals surface area contributed by atoms with E-state index in [9.17, 15) is 4.91 Å². The zero-order chi connectivity index (χ0) is 9.40. The summed E-state index contributed by atoms with van der Waals surface area (Å²) in [5.74, 6) is 0.623. The van der Waals surface area contributed by atoms with Crippen molar-refractivity contribution in [1.29, 1.82) is 0 Å². The van der Waals surface area contributed by atoms with E-state index >= 15 is 0 Å². The fourth-order valence-electron chi connectivity index (χ4n) is 1.07. The van der Waals surface area contributed by atoms with E-state index in [1.165, 1.54) is 12.0 Å². The Morgan fingerprint density at radius 1 is 1.42 bits per heavy atom. The minimum Gasteiger partial charge on any atom is -0.151 e. The molecule has 0 aromatic carbocycles. The minimum absolute atomic E-state index is 0.468. The van der Waals surface area contributed by atoms with Crippen LogP contribution < -0.4 is 0 Å². The average molecular weight is 169 g/mol. The zero-order valence-electron chi connectivity index (χ0n) is 8.34. The van der Waals surface area contributed by atoms with Gasteiger partial charge in [0, 0.05) is 0 Å². The molecule has 0 aliphatic rings. The van der Waals surface area contributed by atoms with Gasteiger partial charge in [-0.2, -0.15) is 4.91 Å². The molecule has 0 rings (SSSR count). The van der Waals surface area contributed by atoms with Crippen LogP contribution >= 0.6 is 0 Å². The molecule has 12 heavy (non-hydrogen) atoms. The molecule has 0 aliphatic heterocycles. The van der Waals surface area contributed by atoms with E-state index < -0.39 is 0 Å². The Bertz CT molecular complexity index is 148. The van der Waals surface area contributed by atoms with E-state index in [-0.39, 0.29) is 0 Å². The summed E-state index contributed by atoms with van der Waals surface area (Å²) in [4.78, 5) is 9.83. The zero-order valence-corrected chi connectivity index (χ0v) is 8.34. The number of hydrogen-bond donors (Lipinski definition) is 0. The SMILES string of the molecule is CC(C)=CCCC(C)CCN=O. The summed E-state index contributed by atoms with van der Waals surface area (Å²) in [7, 11) is 0. The van der Waals surface area contributed by atoms with E-state index in [1.807, 2.05) is 0 Å². The summed E-state index contributed by atoms with van der Waals surface area (Å²) in [6.07, 6.45) is 5.47. The molecule has 1 atom stereocenters. The molecule has 0 bridgehead atoms. The number of hydrogen-bond acceptors (Lipinski definition) is 2. The molecule has 2 heteroatoms. The van der Waals surface area contributed by atoms with Gasteiger partial charge in [-0.1, -0.05) is 23.7 Å². The predicted octanol–water partition coefficient (Wildman–Crippen LogP) is 3.53. The van der Waals surface area contributed by atoms with Crippen molar-refractivity contribution in [1.82, 2.24) is 0 Å². The van der Waals surface area contributed by atoms with Crippen molar-refractivity contribution in [2.75, 3.05) is 6.54 Å². The first-order valence-electron chi connectivity index (χ1n) is 4.59. The number of nitroso groups, excluding NO2 is 1. The van der Waals surface area contributed by atoms with Crippen LogP contribution in [0.25, 0.3) is 0 Å². The molecule has 0 saturated heterocycles. The Labute approximate surface area is 75.0 Å². The highest BCUT2D eigenvalue weighted by molar-refractivity contribution is 4.92. The fraction of sp³-hybridized carbons (Fsp3) is 0.800. The standard InChI is InChI=1S/C10H19NO/c1-9(2)5-4-6-10(3)7-8-11-12/h5,10H,4,6-8H2,1-3H3. The van der Waals surface area contributed by atoms with Crippen molar-refractivity contribution in [3.05, 3.63) is 16.6 Å². The second-order valence-electron chi connectivity index (χ2n) is 3.61. The van der Waals surface area contributed by atoms with Crippen molar-refractivity contribution >= 4 is 0 Å². The monoisotopic (exact) mass is 169 g/mol. The lowest BCUT2D eigenvalue weighted by molar-refractivity contribution is 0.503. The van der Waals surface area contributed by atoms with Gasteiger partial charge in [-0.3, -0.25) is 0 Å². The second-order valence-corrected chi connectivity index (χ2v) is 3.61. The molecule has 0 spiro atoms. The third-order valence-corrected chi connectivity index (χ3v) is 1.93. The smallest absolute Gasteiger partial charge is 0.0813 e. The van der Waals surface area contributed by atoms with Crippen LogP contribution in [0.1, 0.15) is 40.0 Å². The van der Waals surface area contributed by atoms with Crippen LogP contribution in [-0.2, 0) is 0 Å². The maximum absolute atomic E-state index is 9.83. The van der Waals surface area contributed by atoms with Crippen LogP contribution in [-0.4, -0.2) is 6.54 Å². The maximum Gasteiger partial charge on any atom is 0.0813 e. The van der Waals surface area contributed by atoms with Gasteiger partial charge < -0.3 is 0 Å². The number of nitrogens with zero attached hydrogens (tertiary/aromatic N) is 1. The molecule has 0 N–H and O–H groups in total. The highest BCUT2D eigenvalue weighted by atomic mass is 16.3. The second kappa shape index (κ2) is 7.01. The molecule has 0 saturated carbocycles. The van der Waals surface area contributed by atoms with Gasteiger partial charge in [0.15, 0.2) is 0 Å². The van der Waals surface area contributed by atoms with Gasteiger partial charge in [0.1, 0.15) is 0 Å². The summed E-state index contributed by atoms with van der Waals surface area (Å²) in [6, 6.07) is 0. The Morgan fingerprint density at radius 2 is 2.08 bits per heavy atom. The van der Waals surface area contributed by atoms with Gasteiger partial charge in [0.25, 0.3) is 0 Å². The van der Waals surface area contributed by atoms with E-state index in [0.717, 1.165) is 12.8 Å². The number of rotatable bonds is 6. The number of allylic oxidation sites excluding steroid dienone is 2. The molecule has 0 aromatic rings. The lowest BCUT2D eigenvalue weighted by atomic mass is 10.0. The Morgan fingerprint density at radius 3 is 2.58 bits per heavy atom. The van der Waals surface area contributed by atoms with Gasteiger partial charge in [-0.15, -0.1) is 0 Å². The van der Waals surface area contributed by atoms with E-state index in [0.29, 0.717) is 12.5 Å². The van der Waals surface area contributed by atoms with Crippen molar-refractivity contribution in [3.63, 3.8) is 0 Å². The van der Waals surface area contributed by atoms with Crippen LogP contribution in [0.3, 0.4) is 0 Å². The summed E-state index contributed by atoms with van der Waals surface area (Å²) in [5, 5.41) is 2.85. The highest BCUT2D eigenvalue weighted by Gasteiger charge is 1.99. The maximum atomic E-state index is 9.83.